The Labute approximate surface area is 149 Å². The van der Waals surface area contributed by atoms with Gasteiger partial charge in [0.1, 0.15) is 5.52 Å². The number of nitrogens with zero attached hydrogens (tertiary/aromatic N) is 5. The van der Waals surface area contributed by atoms with Crippen molar-refractivity contribution in [3.8, 4) is 0 Å². The molecule has 0 saturated heterocycles. The van der Waals surface area contributed by atoms with Crippen molar-refractivity contribution in [2.45, 2.75) is 26.8 Å². The van der Waals surface area contributed by atoms with Crippen LogP contribution in [0.5, 0.6) is 0 Å². The Bertz CT molecular complexity index is 910. The van der Waals surface area contributed by atoms with Gasteiger partial charge in [0.25, 0.3) is 11.8 Å². The van der Waals surface area contributed by atoms with E-state index in [0.29, 0.717) is 11.1 Å². The standard InChI is InChI=1S/C16H20N8O2/c1-16(2,3)13(21-15(26)11-8-18-23-22-11)9-17-14(25)10-7-20-24-12(10)5-4-6-19-24/h4-8,13H,9H2,1-3H3,(H,17,25)(H,21,26)(H,18,22,23). The van der Waals surface area contributed by atoms with E-state index in [1.807, 2.05) is 20.8 Å². The first-order valence-corrected chi connectivity index (χ1v) is 8.10. The largest absolute Gasteiger partial charge is 0.350 e. The number of aromatic amines is 1. The fraction of sp³-hybridized carbons (Fsp3) is 0.375. The average Bonchev–Trinajstić information content (AvgIpc) is 3.26. The fourth-order valence-corrected chi connectivity index (χ4v) is 2.41. The number of hydrogen-bond acceptors (Lipinski definition) is 6. The second-order valence-corrected chi connectivity index (χ2v) is 6.91. The molecule has 1 unspecified atom stereocenters. The lowest BCUT2D eigenvalue weighted by molar-refractivity contribution is 0.0868. The molecule has 0 saturated carbocycles. The van der Waals surface area contributed by atoms with E-state index in [4.69, 9.17) is 0 Å². The van der Waals surface area contributed by atoms with E-state index in [9.17, 15) is 9.59 Å². The molecular weight excluding hydrogens is 336 g/mol. The van der Waals surface area contributed by atoms with Crippen LogP contribution < -0.4 is 10.6 Å². The number of amides is 2. The molecule has 3 aromatic rings. The Morgan fingerprint density at radius 2 is 2.04 bits per heavy atom. The second-order valence-electron chi connectivity index (χ2n) is 6.91. The van der Waals surface area contributed by atoms with Gasteiger partial charge in [-0.1, -0.05) is 20.8 Å². The van der Waals surface area contributed by atoms with Gasteiger partial charge in [0.15, 0.2) is 5.69 Å². The molecule has 136 valence electrons. The third-order valence-electron chi connectivity index (χ3n) is 4.01. The van der Waals surface area contributed by atoms with E-state index in [1.54, 1.807) is 18.3 Å². The van der Waals surface area contributed by atoms with Gasteiger partial charge in [0, 0.05) is 12.7 Å². The van der Waals surface area contributed by atoms with Gasteiger partial charge in [-0.05, 0) is 17.5 Å². The molecule has 26 heavy (non-hydrogen) atoms. The molecule has 0 aliphatic carbocycles. The summed E-state index contributed by atoms with van der Waals surface area (Å²) < 4.78 is 1.39. The molecule has 0 fully saturated rings. The van der Waals surface area contributed by atoms with Crippen molar-refractivity contribution in [3.05, 3.63) is 42.0 Å². The topological polar surface area (TPSA) is 130 Å². The Morgan fingerprint density at radius 1 is 1.23 bits per heavy atom. The first-order valence-electron chi connectivity index (χ1n) is 8.10. The van der Waals surface area contributed by atoms with Gasteiger partial charge in [-0.2, -0.15) is 30.2 Å². The molecule has 2 amide bonds. The van der Waals surface area contributed by atoms with Gasteiger partial charge in [-0.3, -0.25) is 9.59 Å². The van der Waals surface area contributed by atoms with E-state index < -0.39 is 0 Å². The van der Waals surface area contributed by atoms with Crippen LogP contribution in [-0.4, -0.2) is 54.6 Å². The monoisotopic (exact) mass is 356 g/mol. The summed E-state index contributed by atoms with van der Waals surface area (Å²) in [4.78, 5) is 24.8. The van der Waals surface area contributed by atoms with Gasteiger partial charge < -0.3 is 10.6 Å². The number of aromatic nitrogens is 6. The van der Waals surface area contributed by atoms with Crippen LogP contribution in [0.15, 0.2) is 30.7 Å². The first-order chi connectivity index (χ1) is 12.4. The number of hydrogen-bond donors (Lipinski definition) is 3. The van der Waals surface area contributed by atoms with Crippen LogP contribution in [0.2, 0.25) is 0 Å². The van der Waals surface area contributed by atoms with E-state index in [2.05, 4.69) is 36.2 Å². The summed E-state index contributed by atoms with van der Waals surface area (Å²) in [5, 5.41) is 23.6. The van der Waals surface area contributed by atoms with Crippen LogP contribution >= 0.6 is 0 Å². The van der Waals surface area contributed by atoms with Gasteiger partial charge in [0.2, 0.25) is 0 Å². The van der Waals surface area contributed by atoms with E-state index >= 15 is 0 Å². The van der Waals surface area contributed by atoms with Gasteiger partial charge in [0.05, 0.1) is 24.0 Å². The molecule has 0 aliphatic heterocycles. The third kappa shape index (κ3) is 3.68. The predicted molar refractivity (Wildman–Crippen MR) is 92.4 cm³/mol. The molecular formula is C16H20N8O2. The number of nitrogens with one attached hydrogen (secondary N) is 3. The Kier molecular flexibility index (Phi) is 4.65. The van der Waals surface area contributed by atoms with Crippen LogP contribution in [0, 0.1) is 5.41 Å². The first kappa shape index (κ1) is 17.5. The highest BCUT2D eigenvalue weighted by molar-refractivity contribution is 6.00. The van der Waals surface area contributed by atoms with Crippen molar-refractivity contribution in [2.24, 2.45) is 5.41 Å². The normalized spacial score (nSPS) is 12.7. The Balaban J connectivity index is 1.69. The lowest BCUT2D eigenvalue weighted by atomic mass is 9.86. The second kappa shape index (κ2) is 6.90. The summed E-state index contributed by atoms with van der Waals surface area (Å²) >= 11 is 0. The number of fused-ring (bicyclic) bond motifs is 1. The van der Waals surface area contributed by atoms with Crippen LogP contribution in [0.3, 0.4) is 0 Å². The zero-order valence-corrected chi connectivity index (χ0v) is 14.7. The zero-order chi connectivity index (χ0) is 18.7. The summed E-state index contributed by atoms with van der Waals surface area (Å²) in [6.45, 7) is 6.19. The summed E-state index contributed by atoms with van der Waals surface area (Å²) in [5.41, 5.74) is 0.951. The molecule has 0 radical (unpaired) electrons. The lowest BCUT2D eigenvalue weighted by Crippen LogP contribution is -2.50. The van der Waals surface area contributed by atoms with E-state index in [0.717, 1.165) is 0 Å². The van der Waals surface area contributed by atoms with Crippen LogP contribution in [0.1, 0.15) is 41.6 Å². The van der Waals surface area contributed by atoms with Crippen molar-refractivity contribution in [1.29, 1.82) is 0 Å². The lowest BCUT2D eigenvalue weighted by Gasteiger charge is -2.31. The highest BCUT2D eigenvalue weighted by Crippen LogP contribution is 2.19. The Morgan fingerprint density at radius 3 is 2.73 bits per heavy atom. The summed E-state index contributed by atoms with van der Waals surface area (Å²) in [5.74, 6) is -0.633. The number of rotatable bonds is 5. The van der Waals surface area contributed by atoms with Crippen LogP contribution in [-0.2, 0) is 0 Å². The van der Waals surface area contributed by atoms with Crippen LogP contribution in [0.4, 0.5) is 0 Å². The summed E-state index contributed by atoms with van der Waals surface area (Å²) in [7, 11) is 0. The van der Waals surface area contributed by atoms with Crippen LogP contribution in [0.25, 0.3) is 5.52 Å². The summed E-state index contributed by atoms with van der Waals surface area (Å²) in [6.07, 6.45) is 4.41. The van der Waals surface area contributed by atoms with E-state index in [-0.39, 0.29) is 35.5 Å². The van der Waals surface area contributed by atoms with Crippen molar-refractivity contribution in [3.63, 3.8) is 0 Å². The maximum Gasteiger partial charge on any atom is 0.273 e. The predicted octanol–water partition coefficient (Wildman–Crippen LogP) is 0.422. The maximum atomic E-state index is 12.5. The highest BCUT2D eigenvalue weighted by Gasteiger charge is 2.28. The average molecular weight is 356 g/mol. The number of carbonyl (C=O) groups excluding carboxylic acids is 2. The zero-order valence-electron chi connectivity index (χ0n) is 14.7. The molecule has 0 bridgehead atoms. The fourth-order valence-electron chi connectivity index (χ4n) is 2.41. The third-order valence-corrected chi connectivity index (χ3v) is 4.01. The van der Waals surface area contributed by atoms with Gasteiger partial charge in [-0.15, -0.1) is 0 Å². The molecule has 10 nitrogen and oxygen atoms in total. The molecule has 1 atom stereocenters. The van der Waals surface area contributed by atoms with Crippen molar-refractivity contribution in [2.75, 3.05) is 6.54 Å². The molecule has 3 heterocycles. The molecule has 0 aromatic carbocycles. The minimum atomic E-state index is -0.354. The molecule has 3 N–H and O–H groups in total. The SMILES string of the molecule is CC(C)(C)C(CNC(=O)c1cnn2ncccc12)NC(=O)c1cn[nH]n1. The van der Waals surface area contributed by atoms with Gasteiger partial charge in [-0.25, -0.2) is 0 Å². The van der Waals surface area contributed by atoms with Crippen molar-refractivity contribution >= 4 is 17.3 Å². The maximum absolute atomic E-state index is 12.5. The minimum absolute atomic E-state index is 0.194. The molecule has 3 aromatic heterocycles. The molecule has 3 rings (SSSR count). The number of H-pyrrole nitrogens is 1. The quantitative estimate of drug-likeness (QED) is 0.607. The number of carbonyl (C=O) groups is 2. The van der Waals surface area contributed by atoms with Gasteiger partial charge >= 0.3 is 0 Å². The molecule has 0 spiro atoms. The molecule has 0 aliphatic rings. The molecule has 10 heteroatoms. The van der Waals surface area contributed by atoms with E-state index in [1.165, 1.54) is 17.0 Å². The van der Waals surface area contributed by atoms with Crippen molar-refractivity contribution in [1.82, 2.24) is 40.9 Å². The Hall–Kier alpha value is -3.30. The summed E-state index contributed by atoms with van der Waals surface area (Å²) in [6, 6.07) is 3.20. The smallest absolute Gasteiger partial charge is 0.273 e. The van der Waals surface area contributed by atoms with Crippen molar-refractivity contribution < 1.29 is 9.59 Å². The highest BCUT2D eigenvalue weighted by atomic mass is 16.2. The minimum Gasteiger partial charge on any atom is -0.350 e.